The summed E-state index contributed by atoms with van der Waals surface area (Å²) in [6.07, 6.45) is 4.25. The van der Waals surface area contributed by atoms with E-state index in [9.17, 15) is 14.6 Å². The fourth-order valence-electron chi connectivity index (χ4n) is 8.14. The van der Waals surface area contributed by atoms with E-state index in [2.05, 4.69) is 54.7 Å². The summed E-state index contributed by atoms with van der Waals surface area (Å²) >= 11 is 0. The van der Waals surface area contributed by atoms with Gasteiger partial charge in [-0.15, -0.1) is 0 Å². The number of anilines is 1. The third-order valence-corrected chi connectivity index (χ3v) is 10.7. The molecule has 2 aromatic carbocycles. The van der Waals surface area contributed by atoms with Crippen molar-refractivity contribution < 1.29 is 9.13 Å². The minimum Gasteiger partial charge on any atom is -0.497 e. The third kappa shape index (κ3) is 5.30. The molecule has 43 heavy (non-hydrogen) atoms. The van der Waals surface area contributed by atoms with Crippen LogP contribution in [0.5, 0.6) is 5.75 Å². The average molecular weight is 589 g/mol. The molecule has 4 aliphatic rings. The summed E-state index contributed by atoms with van der Waals surface area (Å²) in [5.41, 5.74) is 2.25. The smallest absolute Gasteiger partial charge is 0.261 e. The fourth-order valence-corrected chi connectivity index (χ4v) is 8.14. The van der Waals surface area contributed by atoms with Crippen molar-refractivity contribution in [1.29, 1.82) is 5.41 Å². The maximum absolute atomic E-state index is 14.5. The number of fused-ring (bicyclic) bond motifs is 3. The quantitative estimate of drug-likeness (QED) is 0.301. The second-order valence-electron chi connectivity index (χ2n) is 13.7. The first kappa shape index (κ1) is 29.6. The second-order valence-corrected chi connectivity index (χ2v) is 13.7. The Labute approximate surface area is 253 Å². The van der Waals surface area contributed by atoms with Crippen LogP contribution in [0.4, 0.5) is 10.1 Å². The number of ether oxygens (including phenoxy) is 1. The summed E-state index contributed by atoms with van der Waals surface area (Å²) in [5, 5.41) is 13.6. The number of guanidine groups is 1. The van der Waals surface area contributed by atoms with Crippen LogP contribution in [0.25, 0.3) is 10.9 Å². The van der Waals surface area contributed by atoms with Crippen molar-refractivity contribution in [2.24, 2.45) is 23.2 Å². The molecule has 3 saturated carbocycles. The number of hydrogen-bond donors (Lipinski definition) is 2. The zero-order valence-corrected chi connectivity index (χ0v) is 26.2. The standard InChI is InChI=1S/C34H45FN6O2/c1-20-17-40(18-21(2)38-20)33(36)41(31-14-24-13-28(22(31)3)34(24,4)5)25-8-10-27-30(15-25)37-19-39(32(27)42)12-11-23-7-9-26(43-6)16-29(23)35/h7-10,15-16,19-22,24,28,31,36,38H,11-14,17-18H2,1-6H3/t20-,21-,22-,24+,28-,31-/m0/s1. The first-order valence-corrected chi connectivity index (χ1v) is 15.7. The van der Waals surface area contributed by atoms with E-state index < -0.39 is 0 Å². The van der Waals surface area contributed by atoms with Crippen molar-refractivity contribution in [2.45, 2.75) is 78.6 Å². The van der Waals surface area contributed by atoms with Crippen LogP contribution in [-0.4, -0.2) is 58.7 Å². The molecule has 4 fully saturated rings. The van der Waals surface area contributed by atoms with E-state index in [1.54, 1.807) is 23.0 Å². The molecule has 3 aromatic rings. The van der Waals surface area contributed by atoms with Crippen LogP contribution in [-0.2, 0) is 13.0 Å². The molecular formula is C34H45FN6O2. The monoisotopic (exact) mass is 588 g/mol. The van der Waals surface area contributed by atoms with Crippen LogP contribution in [0.15, 0.2) is 47.5 Å². The fraction of sp³-hybridized carbons (Fsp3) is 0.559. The number of aromatic nitrogens is 2. The average Bonchev–Trinajstić information content (AvgIpc) is 2.97. The molecule has 1 aromatic heterocycles. The van der Waals surface area contributed by atoms with Crippen LogP contribution >= 0.6 is 0 Å². The molecule has 1 aliphatic heterocycles. The maximum Gasteiger partial charge on any atom is 0.261 e. The van der Waals surface area contributed by atoms with Crippen LogP contribution in [0, 0.1) is 34.4 Å². The van der Waals surface area contributed by atoms with Gasteiger partial charge in [0.1, 0.15) is 11.6 Å². The normalized spacial score (nSPS) is 27.9. The van der Waals surface area contributed by atoms with Crippen molar-refractivity contribution in [1.82, 2.24) is 19.8 Å². The molecule has 1 saturated heterocycles. The Balaban J connectivity index is 1.30. The van der Waals surface area contributed by atoms with Gasteiger partial charge < -0.3 is 19.9 Å². The van der Waals surface area contributed by atoms with Crippen molar-refractivity contribution in [2.75, 3.05) is 25.1 Å². The number of aryl methyl sites for hydroxylation is 2. The molecule has 9 heteroatoms. The van der Waals surface area contributed by atoms with Crippen LogP contribution in [0.1, 0.15) is 53.0 Å². The largest absolute Gasteiger partial charge is 0.497 e. The Kier molecular flexibility index (Phi) is 7.73. The van der Waals surface area contributed by atoms with Gasteiger partial charge in [0.05, 0.1) is 24.3 Å². The molecular weight excluding hydrogens is 543 g/mol. The lowest BCUT2D eigenvalue weighted by molar-refractivity contribution is -0.108. The summed E-state index contributed by atoms with van der Waals surface area (Å²) in [4.78, 5) is 22.6. The van der Waals surface area contributed by atoms with Gasteiger partial charge in [-0.25, -0.2) is 9.37 Å². The molecule has 6 atom stereocenters. The molecule has 2 bridgehead atoms. The Morgan fingerprint density at radius 2 is 1.88 bits per heavy atom. The van der Waals surface area contributed by atoms with E-state index >= 15 is 0 Å². The first-order valence-electron chi connectivity index (χ1n) is 15.7. The number of benzene rings is 2. The highest BCUT2D eigenvalue weighted by Gasteiger charge is 2.57. The number of nitrogens with one attached hydrogen (secondary N) is 2. The van der Waals surface area contributed by atoms with E-state index in [-0.39, 0.29) is 17.4 Å². The van der Waals surface area contributed by atoms with Gasteiger partial charge in [-0.3, -0.25) is 14.8 Å². The zero-order valence-electron chi connectivity index (χ0n) is 26.2. The molecule has 0 unspecified atom stereocenters. The highest BCUT2D eigenvalue weighted by molar-refractivity contribution is 5.96. The number of hydrogen-bond acceptors (Lipinski definition) is 5. The maximum atomic E-state index is 14.5. The van der Waals surface area contributed by atoms with E-state index in [4.69, 9.17) is 4.74 Å². The van der Waals surface area contributed by atoms with Crippen molar-refractivity contribution in [3.05, 3.63) is 64.5 Å². The third-order valence-electron chi connectivity index (χ3n) is 10.7. The van der Waals surface area contributed by atoms with Crippen molar-refractivity contribution in [3.63, 3.8) is 0 Å². The predicted octanol–water partition coefficient (Wildman–Crippen LogP) is 5.28. The summed E-state index contributed by atoms with van der Waals surface area (Å²) in [5.74, 6) is 2.37. The van der Waals surface area contributed by atoms with Gasteiger partial charge in [0.25, 0.3) is 5.56 Å². The number of halogens is 1. The molecule has 8 nitrogen and oxygen atoms in total. The number of methoxy groups -OCH3 is 1. The SMILES string of the molecule is COc1ccc(CCn2cnc3cc(N(C(=N)N4C[C@H](C)N[C@@H](C)C4)[C@H]4C[C@H]5C[C@@H]([C@@H]4C)C5(C)C)ccc3c2=O)c(F)c1. The lowest BCUT2D eigenvalue weighted by Gasteiger charge is -2.63. The number of nitrogens with zero attached hydrogens (tertiary/aromatic N) is 4. The summed E-state index contributed by atoms with van der Waals surface area (Å²) in [7, 11) is 1.51. The van der Waals surface area contributed by atoms with E-state index in [1.165, 1.54) is 19.6 Å². The topological polar surface area (TPSA) is 86.5 Å². The Morgan fingerprint density at radius 3 is 2.53 bits per heavy atom. The van der Waals surface area contributed by atoms with Gasteiger partial charge in [-0.1, -0.05) is 26.8 Å². The van der Waals surface area contributed by atoms with Gasteiger partial charge >= 0.3 is 0 Å². The Morgan fingerprint density at radius 1 is 1.14 bits per heavy atom. The molecule has 2 heterocycles. The first-order chi connectivity index (χ1) is 20.5. The van der Waals surface area contributed by atoms with Gasteiger partial charge in [0.2, 0.25) is 0 Å². The lowest BCUT2D eigenvalue weighted by atomic mass is 9.44. The van der Waals surface area contributed by atoms with Gasteiger partial charge in [0.15, 0.2) is 5.96 Å². The van der Waals surface area contributed by atoms with Crippen molar-refractivity contribution in [3.8, 4) is 5.75 Å². The molecule has 7 rings (SSSR count). The predicted molar refractivity (Wildman–Crippen MR) is 169 cm³/mol. The summed E-state index contributed by atoms with van der Waals surface area (Å²) in [6.45, 7) is 13.4. The molecule has 0 spiro atoms. The van der Waals surface area contributed by atoms with E-state index in [1.807, 2.05) is 18.2 Å². The minimum absolute atomic E-state index is 0.147. The summed E-state index contributed by atoms with van der Waals surface area (Å²) in [6, 6.07) is 11.4. The Hall–Kier alpha value is -3.46. The van der Waals surface area contributed by atoms with E-state index in [0.717, 1.165) is 25.2 Å². The molecule has 0 radical (unpaired) electrons. The zero-order chi connectivity index (χ0) is 30.6. The van der Waals surface area contributed by atoms with Crippen molar-refractivity contribution >= 4 is 22.5 Å². The van der Waals surface area contributed by atoms with E-state index in [0.29, 0.717) is 76.4 Å². The van der Waals surface area contributed by atoms with Gasteiger partial charge in [-0.05, 0) is 86.1 Å². The van der Waals surface area contributed by atoms with Crippen LogP contribution in [0.3, 0.4) is 0 Å². The highest BCUT2D eigenvalue weighted by atomic mass is 19.1. The number of rotatable bonds is 6. The summed E-state index contributed by atoms with van der Waals surface area (Å²) < 4.78 is 21.1. The molecule has 3 aliphatic carbocycles. The minimum atomic E-state index is -0.348. The lowest BCUT2D eigenvalue weighted by Crippen LogP contribution is -2.65. The molecule has 2 N–H and O–H groups in total. The van der Waals surface area contributed by atoms with Crippen LogP contribution < -0.4 is 20.5 Å². The van der Waals surface area contributed by atoms with Gasteiger partial charge in [-0.2, -0.15) is 0 Å². The molecule has 230 valence electrons. The Bertz CT molecular complexity index is 1580. The molecule has 0 amide bonds. The number of piperazine rings is 1. The second kappa shape index (κ2) is 11.2. The van der Waals surface area contributed by atoms with Gasteiger partial charge in [0, 0.05) is 49.5 Å². The highest BCUT2D eigenvalue weighted by Crippen LogP contribution is 2.62. The van der Waals surface area contributed by atoms with Crippen LogP contribution in [0.2, 0.25) is 0 Å².